The van der Waals surface area contributed by atoms with Crippen LogP contribution < -0.4 is 16.4 Å². The van der Waals surface area contributed by atoms with Crippen LogP contribution in [0.15, 0.2) is 24.3 Å². The number of nitrogens with two attached hydrogens (primary N) is 1. The molecule has 1 aromatic carbocycles. The van der Waals surface area contributed by atoms with Crippen molar-refractivity contribution in [2.45, 2.75) is 20.4 Å². The third-order valence-electron chi connectivity index (χ3n) is 2.42. The number of halogens is 1. The molecule has 0 unspecified atom stereocenters. The molecule has 1 aromatic rings. The summed E-state index contributed by atoms with van der Waals surface area (Å²) in [6.45, 7) is 4.11. The van der Waals surface area contributed by atoms with Gasteiger partial charge in [0.1, 0.15) is 0 Å². The van der Waals surface area contributed by atoms with E-state index in [0.29, 0.717) is 6.54 Å². The molecule has 0 saturated carbocycles. The second-order valence-corrected chi connectivity index (χ2v) is 4.32. The number of hydrogen-bond acceptors (Lipinski definition) is 3. The first-order chi connectivity index (χ1) is 8.52. The fourth-order valence-corrected chi connectivity index (χ4v) is 1.27. The largest absolute Gasteiger partial charge is 0.351 e. The molecule has 0 heterocycles. The van der Waals surface area contributed by atoms with Gasteiger partial charge >= 0.3 is 0 Å². The first-order valence-electron chi connectivity index (χ1n) is 5.89. The highest BCUT2D eigenvalue weighted by molar-refractivity contribution is 5.92. The molecule has 2 amide bonds. The Morgan fingerprint density at radius 2 is 1.79 bits per heavy atom. The molecule has 0 spiro atoms. The summed E-state index contributed by atoms with van der Waals surface area (Å²) < 4.78 is 0. The summed E-state index contributed by atoms with van der Waals surface area (Å²) >= 11 is 0. The van der Waals surface area contributed by atoms with Gasteiger partial charge in [-0.2, -0.15) is 0 Å². The molecule has 0 aromatic heterocycles. The van der Waals surface area contributed by atoms with Gasteiger partial charge in [-0.15, -0.1) is 12.4 Å². The fourth-order valence-electron chi connectivity index (χ4n) is 1.27. The molecular weight excluding hydrogens is 266 g/mol. The van der Waals surface area contributed by atoms with Crippen molar-refractivity contribution in [3.05, 3.63) is 29.8 Å². The highest BCUT2D eigenvalue weighted by Gasteiger charge is 2.06. The Kier molecular flexibility index (Phi) is 7.79. The average Bonchev–Trinajstić information content (AvgIpc) is 2.37. The first-order valence-corrected chi connectivity index (χ1v) is 5.89. The van der Waals surface area contributed by atoms with Gasteiger partial charge in [-0.3, -0.25) is 9.59 Å². The van der Waals surface area contributed by atoms with E-state index in [1.807, 2.05) is 38.1 Å². The van der Waals surface area contributed by atoms with Crippen LogP contribution in [0, 0.1) is 5.92 Å². The van der Waals surface area contributed by atoms with E-state index in [1.54, 1.807) is 0 Å². The SMILES string of the molecule is CC(C)C(=O)Nc1ccc(CNC(=O)CN)cc1.Cl. The zero-order valence-corrected chi connectivity index (χ0v) is 11.9. The van der Waals surface area contributed by atoms with E-state index in [9.17, 15) is 9.59 Å². The standard InChI is InChI=1S/C13H19N3O2.ClH/c1-9(2)13(18)16-11-5-3-10(4-6-11)8-15-12(17)7-14;/h3-6,9H,7-8,14H2,1-2H3,(H,15,17)(H,16,18);1H. The molecule has 19 heavy (non-hydrogen) atoms. The zero-order valence-electron chi connectivity index (χ0n) is 11.1. The van der Waals surface area contributed by atoms with Crippen LogP contribution in [0.4, 0.5) is 5.69 Å². The Hall–Kier alpha value is -1.59. The number of hydrogen-bond donors (Lipinski definition) is 3. The first kappa shape index (κ1) is 17.4. The molecule has 0 aliphatic rings. The molecule has 0 fully saturated rings. The maximum Gasteiger partial charge on any atom is 0.234 e. The van der Waals surface area contributed by atoms with Crippen LogP contribution in [0.3, 0.4) is 0 Å². The Bertz CT molecular complexity index is 418. The summed E-state index contributed by atoms with van der Waals surface area (Å²) in [7, 11) is 0. The second kappa shape index (κ2) is 8.50. The quantitative estimate of drug-likeness (QED) is 0.762. The average molecular weight is 286 g/mol. The maximum absolute atomic E-state index is 11.5. The lowest BCUT2D eigenvalue weighted by Crippen LogP contribution is -2.29. The van der Waals surface area contributed by atoms with Crippen molar-refractivity contribution in [1.82, 2.24) is 5.32 Å². The van der Waals surface area contributed by atoms with Crippen LogP contribution >= 0.6 is 12.4 Å². The van der Waals surface area contributed by atoms with Crippen LogP contribution in [0.1, 0.15) is 19.4 Å². The summed E-state index contributed by atoms with van der Waals surface area (Å²) in [4.78, 5) is 22.4. The van der Waals surface area contributed by atoms with Gasteiger partial charge in [0.25, 0.3) is 0 Å². The van der Waals surface area contributed by atoms with Gasteiger partial charge in [-0.1, -0.05) is 26.0 Å². The smallest absolute Gasteiger partial charge is 0.234 e. The van der Waals surface area contributed by atoms with Crippen LogP contribution in [0.2, 0.25) is 0 Å². The zero-order chi connectivity index (χ0) is 13.5. The molecular formula is C13H20ClN3O2. The lowest BCUT2D eigenvalue weighted by Gasteiger charge is -2.09. The van der Waals surface area contributed by atoms with Crippen molar-refractivity contribution >= 4 is 29.9 Å². The monoisotopic (exact) mass is 285 g/mol. The molecule has 0 saturated heterocycles. The molecule has 0 atom stereocenters. The van der Waals surface area contributed by atoms with Gasteiger partial charge in [0.15, 0.2) is 0 Å². The minimum absolute atomic E-state index is 0. The van der Waals surface area contributed by atoms with E-state index >= 15 is 0 Å². The van der Waals surface area contributed by atoms with Crippen molar-refractivity contribution in [3.63, 3.8) is 0 Å². The molecule has 0 radical (unpaired) electrons. The molecule has 6 heteroatoms. The lowest BCUT2D eigenvalue weighted by atomic mass is 10.1. The summed E-state index contributed by atoms with van der Waals surface area (Å²) in [5, 5.41) is 5.47. The summed E-state index contributed by atoms with van der Waals surface area (Å²) in [6.07, 6.45) is 0. The van der Waals surface area contributed by atoms with E-state index in [2.05, 4.69) is 10.6 Å². The molecule has 4 N–H and O–H groups in total. The Morgan fingerprint density at radius 1 is 1.21 bits per heavy atom. The van der Waals surface area contributed by atoms with E-state index < -0.39 is 0 Å². The summed E-state index contributed by atoms with van der Waals surface area (Å²) in [6, 6.07) is 7.33. The maximum atomic E-state index is 11.5. The normalized spacial score (nSPS) is 9.68. The van der Waals surface area contributed by atoms with E-state index in [4.69, 9.17) is 5.73 Å². The topological polar surface area (TPSA) is 84.2 Å². The Labute approximate surface area is 119 Å². The number of nitrogens with one attached hydrogen (secondary N) is 2. The van der Waals surface area contributed by atoms with E-state index in [-0.39, 0.29) is 36.7 Å². The number of amides is 2. The van der Waals surface area contributed by atoms with Gasteiger partial charge in [-0.05, 0) is 17.7 Å². The molecule has 106 valence electrons. The van der Waals surface area contributed by atoms with Gasteiger partial charge in [0.05, 0.1) is 6.54 Å². The fraction of sp³-hybridized carbons (Fsp3) is 0.385. The van der Waals surface area contributed by atoms with Crippen molar-refractivity contribution in [2.24, 2.45) is 11.7 Å². The number of rotatable bonds is 5. The van der Waals surface area contributed by atoms with Gasteiger partial charge in [0.2, 0.25) is 11.8 Å². The lowest BCUT2D eigenvalue weighted by molar-refractivity contribution is -0.120. The molecule has 0 bridgehead atoms. The Balaban J connectivity index is 0.00000324. The highest BCUT2D eigenvalue weighted by Crippen LogP contribution is 2.10. The minimum atomic E-state index is -0.188. The third-order valence-corrected chi connectivity index (χ3v) is 2.42. The summed E-state index contributed by atoms with van der Waals surface area (Å²) in [5.41, 5.74) is 6.89. The predicted octanol–water partition coefficient (Wildman–Crippen LogP) is 1.28. The van der Waals surface area contributed by atoms with Crippen molar-refractivity contribution in [1.29, 1.82) is 0 Å². The third kappa shape index (κ3) is 6.22. The van der Waals surface area contributed by atoms with Gasteiger partial charge < -0.3 is 16.4 Å². The molecule has 1 rings (SSSR count). The molecule has 0 aliphatic heterocycles. The van der Waals surface area contributed by atoms with Crippen molar-refractivity contribution < 1.29 is 9.59 Å². The van der Waals surface area contributed by atoms with Gasteiger partial charge in [0, 0.05) is 18.2 Å². The molecule has 0 aliphatic carbocycles. The van der Waals surface area contributed by atoms with Gasteiger partial charge in [-0.25, -0.2) is 0 Å². The molecule has 5 nitrogen and oxygen atoms in total. The van der Waals surface area contributed by atoms with E-state index in [0.717, 1.165) is 11.3 Å². The van der Waals surface area contributed by atoms with Crippen LogP contribution in [0.25, 0.3) is 0 Å². The number of anilines is 1. The number of carbonyl (C=O) groups excluding carboxylic acids is 2. The van der Waals surface area contributed by atoms with Crippen LogP contribution in [0.5, 0.6) is 0 Å². The summed E-state index contributed by atoms with van der Waals surface area (Å²) in [5.74, 6) is -0.250. The Morgan fingerprint density at radius 3 is 2.26 bits per heavy atom. The van der Waals surface area contributed by atoms with Crippen LogP contribution in [-0.2, 0) is 16.1 Å². The van der Waals surface area contributed by atoms with E-state index in [1.165, 1.54) is 0 Å². The number of benzene rings is 1. The van der Waals surface area contributed by atoms with Crippen LogP contribution in [-0.4, -0.2) is 18.4 Å². The minimum Gasteiger partial charge on any atom is -0.351 e. The highest BCUT2D eigenvalue weighted by atomic mass is 35.5. The predicted molar refractivity (Wildman–Crippen MR) is 78.1 cm³/mol. The number of carbonyl (C=O) groups is 2. The van der Waals surface area contributed by atoms with Crippen molar-refractivity contribution in [2.75, 3.05) is 11.9 Å². The second-order valence-electron chi connectivity index (χ2n) is 4.32. The van der Waals surface area contributed by atoms with Crippen molar-refractivity contribution in [3.8, 4) is 0 Å².